The molecule has 1 aromatic heterocycles. The molecule has 8 rings (SSSR count). The van der Waals surface area contributed by atoms with Gasteiger partial charge in [0.25, 0.3) is 0 Å². The Hall–Kier alpha value is -6.31. The van der Waals surface area contributed by atoms with Crippen molar-refractivity contribution in [1.29, 1.82) is 5.26 Å². The molecule has 0 spiro atoms. The van der Waals surface area contributed by atoms with Crippen molar-refractivity contribution in [2.75, 3.05) is 5.32 Å². The van der Waals surface area contributed by atoms with Crippen LogP contribution in [-0.2, 0) is 5.41 Å². The lowest BCUT2D eigenvalue weighted by Gasteiger charge is -2.23. The molecule has 48 heavy (non-hydrogen) atoms. The Morgan fingerprint density at radius 1 is 0.542 bits per heavy atom. The van der Waals surface area contributed by atoms with Crippen LogP contribution in [0.1, 0.15) is 30.5 Å². The molecule has 0 unspecified atom stereocenters. The standard InChI is InChI=1S/C44H32N4/c1-44(2)37-22-10-9-21-36(37)41-38(44)24-23-35(30-14-5-3-6-15-30)42(41)46-34-20-12-19-33(26-34)43-47-39(31-16-7-4-8-17-31)27-40(48-43)32-18-11-13-29(25-32)28-45/h3-27,46H,1-2H3. The highest BCUT2D eigenvalue weighted by atomic mass is 14.9. The van der Waals surface area contributed by atoms with Gasteiger partial charge >= 0.3 is 0 Å². The molecule has 7 aromatic rings. The van der Waals surface area contributed by atoms with Gasteiger partial charge < -0.3 is 5.32 Å². The topological polar surface area (TPSA) is 61.6 Å². The van der Waals surface area contributed by atoms with Gasteiger partial charge in [-0.15, -0.1) is 0 Å². The van der Waals surface area contributed by atoms with Crippen LogP contribution in [0.25, 0.3) is 56.2 Å². The third kappa shape index (κ3) is 5.12. The maximum Gasteiger partial charge on any atom is 0.160 e. The van der Waals surface area contributed by atoms with Crippen LogP contribution in [-0.4, -0.2) is 9.97 Å². The number of nitriles is 1. The Labute approximate surface area is 281 Å². The summed E-state index contributed by atoms with van der Waals surface area (Å²) < 4.78 is 0. The number of hydrogen-bond acceptors (Lipinski definition) is 4. The molecule has 1 aliphatic carbocycles. The third-order valence-corrected chi connectivity index (χ3v) is 9.31. The van der Waals surface area contributed by atoms with Crippen molar-refractivity contribution in [2.24, 2.45) is 0 Å². The molecule has 0 atom stereocenters. The molecule has 1 N–H and O–H groups in total. The van der Waals surface area contributed by atoms with Gasteiger partial charge in [0, 0.05) is 38.9 Å². The quantitative estimate of drug-likeness (QED) is 0.202. The van der Waals surface area contributed by atoms with Crippen LogP contribution in [0, 0.1) is 11.3 Å². The summed E-state index contributed by atoms with van der Waals surface area (Å²) in [6.07, 6.45) is 0. The average molecular weight is 617 g/mol. The second kappa shape index (κ2) is 11.8. The molecule has 1 aliphatic rings. The van der Waals surface area contributed by atoms with Crippen molar-refractivity contribution < 1.29 is 0 Å². The maximum atomic E-state index is 9.57. The van der Waals surface area contributed by atoms with Gasteiger partial charge in [-0.2, -0.15) is 5.26 Å². The number of fused-ring (bicyclic) bond motifs is 3. The number of anilines is 2. The summed E-state index contributed by atoms with van der Waals surface area (Å²) in [6, 6.07) is 54.2. The van der Waals surface area contributed by atoms with Gasteiger partial charge in [-0.05, 0) is 52.6 Å². The predicted octanol–water partition coefficient (Wildman–Crippen LogP) is 11.1. The zero-order valence-electron chi connectivity index (χ0n) is 26.8. The molecule has 0 bridgehead atoms. The second-order valence-electron chi connectivity index (χ2n) is 12.7. The van der Waals surface area contributed by atoms with E-state index in [1.54, 1.807) is 0 Å². The smallest absolute Gasteiger partial charge is 0.160 e. The fourth-order valence-electron chi connectivity index (χ4n) is 6.89. The van der Waals surface area contributed by atoms with Crippen molar-refractivity contribution in [3.05, 3.63) is 168 Å². The lowest BCUT2D eigenvalue weighted by atomic mass is 9.82. The fourth-order valence-corrected chi connectivity index (χ4v) is 6.89. The molecule has 0 aliphatic heterocycles. The van der Waals surface area contributed by atoms with Crippen LogP contribution >= 0.6 is 0 Å². The highest BCUT2D eigenvalue weighted by molar-refractivity contribution is 5.99. The minimum absolute atomic E-state index is 0.121. The van der Waals surface area contributed by atoms with Crippen molar-refractivity contribution in [3.8, 4) is 62.2 Å². The Morgan fingerprint density at radius 3 is 1.96 bits per heavy atom. The fraction of sp³-hybridized carbons (Fsp3) is 0.0682. The number of nitrogens with zero attached hydrogens (tertiary/aromatic N) is 3. The summed E-state index contributed by atoms with van der Waals surface area (Å²) in [5.74, 6) is 0.616. The van der Waals surface area contributed by atoms with Crippen molar-refractivity contribution in [2.45, 2.75) is 19.3 Å². The summed E-state index contributed by atoms with van der Waals surface area (Å²) >= 11 is 0. The lowest BCUT2D eigenvalue weighted by Crippen LogP contribution is -2.15. The zero-order chi connectivity index (χ0) is 32.7. The van der Waals surface area contributed by atoms with E-state index in [1.165, 1.54) is 22.3 Å². The number of benzene rings is 6. The van der Waals surface area contributed by atoms with E-state index in [-0.39, 0.29) is 5.41 Å². The molecule has 4 nitrogen and oxygen atoms in total. The average Bonchev–Trinajstić information content (AvgIpc) is 3.38. The summed E-state index contributed by atoms with van der Waals surface area (Å²) in [5.41, 5.74) is 14.3. The molecule has 6 aromatic carbocycles. The Kier molecular flexibility index (Phi) is 7.16. The highest BCUT2D eigenvalue weighted by Gasteiger charge is 2.37. The monoisotopic (exact) mass is 616 g/mol. The van der Waals surface area contributed by atoms with E-state index in [9.17, 15) is 5.26 Å². The number of nitrogens with one attached hydrogen (secondary N) is 1. The molecular formula is C44H32N4. The molecule has 1 heterocycles. The largest absolute Gasteiger partial charge is 0.354 e. The first-order valence-electron chi connectivity index (χ1n) is 16.1. The van der Waals surface area contributed by atoms with E-state index in [0.29, 0.717) is 11.4 Å². The van der Waals surface area contributed by atoms with Gasteiger partial charge in [0.2, 0.25) is 0 Å². The van der Waals surface area contributed by atoms with Crippen LogP contribution in [0.2, 0.25) is 0 Å². The van der Waals surface area contributed by atoms with Gasteiger partial charge in [0.15, 0.2) is 5.82 Å². The van der Waals surface area contributed by atoms with Crippen molar-refractivity contribution >= 4 is 11.4 Å². The second-order valence-corrected chi connectivity index (χ2v) is 12.7. The third-order valence-electron chi connectivity index (χ3n) is 9.31. The molecule has 0 saturated heterocycles. The summed E-state index contributed by atoms with van der Waals surface area (Å²) in [4.78, 5) is 10.1. The van der Waals surface area contributed by atoms with E-state index in [0.717, 1.165) is 50.6 Å². The van der Waals surface area contributed by atoms with E-state index < -0.39 is 0 Å². The minimum atomic E-state index is -0.121. The minimum Gasteiger partial charge on any atom is -0.354 e. The SMILES string of the molecule is CC1(C)c2ccccc2-c2c1ccc(-c1ccccc1)c2Nc1cccc(-c2nc(-c3ccccc3)cc(-c3cccc(C#N)c3)n2)c1. The first kappa shape index (κ1) is 29.1. The van der Waals surface area contributed by atoms with Crippen LogP contribution in [0.4, 0.5) is 11.4 Å². The van der Waals surface area contributed by atoms with E-state index in [2.05, 4.69) is 128 Å². The first-order valence-corrected chi connectivity index (χ1v) is 16.1. The van der Waals surface area contributed by atoms with Crippen LogP contribution in [0.5, 0.6) is 0 Å². The molecule has 0 amide bonds. The van der Waals surface area contributed by atoms with E-state index in [4.69, 9.17) is 9.97 Å². The maximum absolute atomic E-state index is 9.57. The van der Waals surface area contributed by atoms with Gasteiger partial charge in [0.05, 0.1) is 28.7 Å². The highest BCUT2D eigenvalue weighted by Crippen LogP contribution is 2.54. The molecule has 0 fully saturated rings. The predicted molar refractivity (Wildman–Crippen MR) is 196 cm³/mol. The summed E-state index contributed by atoms with van der Waals surface area (Å²) in [7, 11) is 0. The summed E-state index contributed by atoms with van der Waals surface area (Å²) in [5, 5.41) is 13.4. The molecule has 0 saturated carbocycles. The lowest BCUT2D eigenvalue weighted by molar-refractivity contribution is 0.660. The van der Waals surface area contributed by atoms with Gasteiger partial charge in [0.1, 0.15) is 0 Å². The van der Waals surface area contributed by atoms with E-state index >= 15 is 0 Å². The molecule has 4 heteroatoms. The van der Waals surface area contributed by atoms with E-state index in [1.807, 2.05) is 48.5 Å². The van der Waals surface area contributed by atoms with Crippen LogP contribution in [0.3, 0.4) is 0 Å². The van der Waals surface area contributed by atoms with Crippen LogP contribution in [0.15, 0.2) is 152 Å². The van der Waals surface area contributed by atoms with Gasteiger partial charge in [-0.1, -0.05) is 135 Å². The number of rotatable bonds is 6. The molecule has 228 valence electrons. The van der Waals surface area contributed by atoms with Gasteiger partial charge in [-0.25, -0.2) is 9.97 Å². The first-order chi connectivity index (χ1) is 23.5. The Balaban J connectivity index is 1.28. The normalized spacial score (nSPS) is 12.5. The van der Waals surface area contributed by atoms with Gasteiger partial charge in [-0.3, -0.25) is 0 Å². The Morgan fingerprint density at radius 2 is 1.19 bits per heavy atom. The Bertz CT molecular complexity index is 2350. The number of hydrogen-bond donors (Lipinski definition) is 1. The number of aromatic nitrogens is 2. The summed E-state index contributed by atoms with van der Waals surface area (Å²) in [6.45, 7) is 4.62. The molecule has 0 radical (unpaired) electrons. The van der Waals surface area contributed by atoms with Crippen molar-refractivity contribution in [3.63, 3.8) is 0 Å². The molecular weight excluding hydrogens is 585 g/mol. The van der Waals surface area contributed by atoms with Crippen molar-refractivity contribution in [1.82, 2.24) is 9.97 Å². The zero-order valence-corrected chi connectivity index (χ0v) is 26.8. The van der Waals surface area contributed by atoms with Crippen LogP contribution < -0.4 is 5.32 Å².